The molecule has 0 unspecified atom stereocenters. The molecule has 2 N–H and O–H groups in total. The van der Waals surface area contributed by atoms with Crippen molar-refractivity contribution >= 4 is 34.0 Å². The smallest absolute Gasteiger partial charge is 0.252 e. The Balaban J connectivity index is 1.43. The number of thiophene rings is 1. The highest BCUT2D eigenvalue weighted by Gasteiger charge is 2.10. The van der Waals surface area contributed by atoms with Gasteiger partial charge in [0.1, 0.15) is 5.82 Å². The van der Waals surface area contributed by atoms with Gasteiger partial charge in [-0.3, -0.25) is 4.79 Å². The fourth-order valence-electron chi connectivity index (χ4n) is 3.14. The van der Waals surface area contributed by atoms with Crippen LogP contribution in [0.15, 0.2) is 71.4 Å². The maximum absolute atomic E-state index is 12.2. The van der Waals surface area contributed by atoms with Crippen LogP contribution >= 0.6 is 11.3 Å². The van der Waals surface area contributed by atoms with Crippen LogP contribution in [-0.4, -0.2) is 22.4 Å². The van der Waals surface area contributed by atoms with Crippen LogP contribution in [-0.2, 0) is 13.0 Å². The summed E-state index contributed by atoms with van der Waals surface area (Å²) in [4.78, 5) is 21.5. The Labute approximate surface area is 173 Å². The number of aryl methyl sites for hydroxylation is 1. The van der Waals surface area contributed by atoms with Crippen LogP contribution in [0, 0.1) is 0 Å². The number of amides is 1. The number of hydrogen-bond donors (Lipinski definition) is 2. The lowest BCUT2D eigenvalue weighted by Crippen LogP contribution is -2.23. The first kappa shape index (κ1) is 19.1. The van der Waals surface area contributed by atoms with Crippen molar-refractivity contribution in [2.24, 2.45) is 0 Å². The van der Waals surface area contributed by atoms with Crippen LogP contribution in [0.3, 0.4) is 0 Å². The van der Waals surface area contributed by atoms with E-state index in [2.05, 4.69) is 44.9 Å². The van der Waals surface area contributed by atoms with Gasteiger partial charge in [-0.15, -0.1) is 0 Å². The molecule has 0 aliphatic heterocycles. The van der Waals surface area contributed by atoms with Gasteiger partial charge in [-0.05, 0) is 42.0 Å². The zero-order valence-electron chi connectivity index (χ0n) is 16.0. The Kier molecular flexibility index (Phi) is 6.12. The highest BCUT2D eigenvalue weighted by molar-refractivity contribution is 7.08. The summed E-state index contributed by atoms with van der Waals surface area (Å²) in [6, 6.07) is 20.2. The van der Waals surface area contributed by atoms with Crippen molar-refractivity contribution in [3.63, 3.8) is 0 Å². The Hall–Kier alpha value is -3.25. The zero-order chi connectivity index (χ0) is 19.9. The third-order valence-corrected chi connectivity index (χ3v) is 5.30. The molecule has 0 bridgehead atoms. The van der Waals surface area contributed by atoms with Crippen molar-refractivity contribution < 1.29 is 4.79 Å². The summed E-state index contributed by atoms with van der Waals surface area (Å²) in [5.74, 6) is 1.29. The second-order valence-electron chi connectivity index (χ2n) is 6.72. The minimum Gasteiger partial charge on any atom is -0.369 e. The second kappa shape index (κ2) is 9.30. The Morgan fingerprint density at radius 2 is 1.79 bits per heavy atom. The first-order chi connectivity index (χ1) is 14.3. The molecule has 0 radical (unpaired) electrons. The maximum atomic E-state index is 12.2. The van der Waals surface area contributed by atoms with Gasteiger partial charge in [-0.2, -0.15) is 11.3 Å². The van der Waals surface area contributed by atoms with E-state index in [-0.39, 0.29) is 12.5 Å². The lowest BCUT2D eigenvalue weighted by Gasteiger charge is -2.11. The number of hydrogen-bond acceptors (Lipinski definition) is 5. The van der Waals surface area contributed by atoms with Crippen LogP contribution in [0.4, 0.5) is 5.82 Å². The van der Waals surface area contributed by atoms with Crippen LogP contribution in [0.5, 0.6) is 0 Å². The minimum atomic E-state index is -0.111. The second-order valence-corrected chi connectivity index (χ2v) is 7.50. The Bertz CT molecular complexity index is 1080. The molecule has 29 heavy (non-hydrogen) atoms. The van der Waals surface area contributed by atoms with Crippen LogP contribution in [0.1, 0.15) is 28.2 Å². The molecular formula is C23H22N4OS. The standard InChI is InChI=1S/C23H22N4OS/c28-23(18-12-14-29-16-18)25-15-21-26-20-11-5-4-10-19(20)22(27-21)24-13-6-9-17-7-2-1-3-8-17/h1-5,7-8,10-12,14,16H,6,9,13,15H2,(H,25,28)(H,24,26,27). The zero-order valence-corrected chi connectivity index (χ0v) is 16.8. The number of benzene rings is 2. The van der Waals surface area contributed by atoms with E-state index in [0.717, 1.165) is 36.1 Å². The monoisotopic (exact) mass is 402 g/mol. The van der Waals surface area contributed by atoms with Gasteiger partial charge in [-0.25, -0.2) is 9.97 Å². The predicted molar refractivity (Wildman–Crippen MR) is 118 cm³/mol. The van der Waals surface area contributed by atoms with E-state index >= 15 is 0 Å². The lowest BCUT2D eigenvalue weighted by molar-refractivity contribution is 0.0950. The largest absolute Gasteiger partial charge is 0.369 e. The van der Waals surface area contributed by atoms with E-state index in [1.165, 1.54) is 16.9 Å². The molecule has 0 aliphatic carbocycles. The van der Waals surface area contributed by atoms with Crippen LogP contribution in [0.25, 0.3) is 10.9 Å². The van der Waals surface area contributed by atoms with E-state index in [1.54, 1.807) is 6.07 Å². The van der Waals surface area contributed by atoms with Crippen LogP contribution in [0.2, 0.25) is 0 Å². The van der Waals surface area contributed by atoms with Crippen molar-refractivity contribution in [3.05, 3.63) is 88.4 Å². The summed E-state index contributed by atoms with van der Waals surface area (Å²) in [5.41, 5.74) is 2.86. The topological polar surface area (TPSA) is 66.9 Å². The summed E-state index contributed by atoms with van der Waals surface area (Å²) in [6.45, 7) is 1.11. The maximum Gasteiger partial charge on any atom is 0.252 e. The number of fused-ring (bicyclic) bond motifs is 1. The van der Waals surface area contributed by atoms with Gasteiger partial charge in [-0.1, -0.05) is 42.5 Å². The molecule has 2 aromatic heterocycles. The van der Waals surface area contributed by atoms with E-state index in [4.69, 9.17) is 0 Å². The number of nitrogens with zero attached hydrogens (tertiary/aromatic N) is 2. The molecule has 2 aromatic carbocycles. The predicted octanol–water partition coefficient (Wildman–Crippen LogP) is 4.67. The molecule has 6 heteroatoms. The summed E-state index contributed by atoms with van der Waals surface area (Å²) in [7, 11) is 0. The Morgan fingerprint density at radius 1 is 0.966 bits per heavy atom. The first-order valence-corrected chi connectivity index (χ1v) is 10.6. The molecule has 0 aliphatic rings. The SMILES string of the molecule is O=C(NCc1nc(NCCCc2ccccc2)c2ccccc2n1)c1ccsc1. The minimum absolute atomic E-state index is 0.111. The molecule has 146 valence electrons. The molecule has 0 saturated heterocycles. The molecule has 5 nitrogen and oxygen atoms in total. The third kappa shape index (κ3) is 4.97. The molecule has 0 atom stereocenters. The fourth-order valence-corrected chi connectivity index (χ4v) is 3.77. The van der Waals surface area contributed by atoms with Gasteiger partial charge in [0.25, 0.3) is 5.91 Å². The van der Waals surface area contributed by atoms with Gasteiger partial charge in [0.2, 0.25) is 0 Å². The number of carbonyl (C=O) groups is 1. The molecule has 4 aromatic rings. The highest BCUT2D eigenvalue weighted by atomic mass is 32.1. The first-order valence-electron chi connectivity index (χ1n) is 9.63. The van der Waals surface area contributed by atoms with E-state index in [1.807, 2.05) is 41.1 Å². The quantitative estimate of drug-likeness (QED) is 0.421. The van der Waals surface area contributed by atoms with Gasteiger partial charge in [0.15, 0.2) is 5.82 Å². The lowest BCUT2D eigenvalue weighted by atomic mass is 10.1. The molecule has 0 fully saturated rings. The Morgan fingerprint density at radius 3 is 2.62 bits per heavy atom. The fraction of sp³-hybridized carbons (Fsp3) is 0.174. The van der Waals surface area contributed by atoms with Gasteiger partial charge in [0, 0.05) is 22.9 Å². The highest BCUT2D eigenvalue weighted by Crippen LogP contribution is 2.20. The average molecular weight is 403 g/mol. The normalized spacial score (nSPS) is 10.8. The molecule has 0 saturated carbocycles. The van der Waals surface area contributed by atoms with Gasteiger partial charge < -0.3 is 10.6 Å². The molecule has 1 amide bonds. The van der Waals surface area contributed by atoms with Gasteiger partial charge >= 0.3 is 0 Å². The number of aromatic nitrogens is 2. The summed E-state index contributed by atoms with van der Waals surface area (Å²) < 4.78 is 0. The summed E-state index contributed by atoms with van der Waals surface area (Å²) >= 11 is 1.50. The number of para-hydroxylation sites is 1. The molecular weight excluding hydrogens is 380 g/mol. The van der Waals surface area contributed by atoms with E-state index in [9.17, 15) is 4.79 Å². The molecule has 4 rings (SSSR count). The summed E-state index contributed by atoms with van der Waals surface area (Å²) in [6.07, 6.45) is 2.02. The molecule has 2 heterocycles. The summed E-state index contributed by atoms with van der Waals surface area (Å²) in [5, 5.41) is 11.1. The van der Waals surface area contributed by atoms with Crippen molar-refractivity contribution in [2.45, 2.75) is 19.4 Å². The van der Waals surface area contributed by atoms with E-state index < -0.39 is 0 Å². The van der Waals surface area contributed by atoms with Gasteiger partial charge in [0.05, 0.1) is 12.1 Å². The number of rotatable bonds is 8. The van der Waals surface area contributed by atoms with Crippen LogP contribution < -0.4 is 10.6 Å². The third-order valence-electron chi connectivity index (χ3n) is 4.62. The average Bonchev–Trinajstić information content (AvgIpc) is 3.31. The van der Waals surface area contributed by atoms with Crippen molar-refractivity contribution in [1.82, 2.24) is 15.3 Å². The van der Waals surface area contributed by atoms with E-state index in [0.29, 0.717) is 11.4 Å². The number of anilines is 1. The van der Waals surface area contributed by atoms with Crippen molar-refractivity contribution in [2.75, 3.05) is 11.9 Å². The molecule has 0 spiro atoms. The van der Waals surface area contributed by atoms with Crippen molar-refractivity contribution in [1.29, 1.82) is 0 Å². The van der Waals surface area contributed by atoms with Crippen molar-refractivity contribution in [3.8, 4) is 0 Å². The number of carbonyl (C=O) groups excluding carboxylic acids is 1. The number of nitrogens with one attached hydrogen (secondary N) is 2.